The molecule has 1 fully saturated rings. The summed E-state index contributed by atoms with van der Waals surface area (Å²) in [6.45, 7) is 6.88. The van der Waals surface area contributed by atoms with E-state index in [-0.39, 0.29) is 16.0 Å². The zero-order chi connectivity index (χ0) is 24.1. The number of carbonyl (C=O) groups is 2. The first kappa shape index (κ1) is 25.6. The summed E-state index contributed by atoms with van der Waals surface area (Å²) >= 11 is 23.6. The Bertz CT molecular complexity index is 1060. The maximum Gasteiger partial charge on any atom is 0.257 e. The number of hydrogen-bond acceptors (Lipinski definition) is 4. The molecule has 10 heteroatoms. The van der Waals surface area contributed by atoms with Crippen LogP contribution in [0.25, 0.3) is 0 Å². The highest BCUT2D eigenvalue weighted by Gasteiger charge is 2.23. The van der Waals surface area contributed by atoms with Gasteiger partial charge in [-0.05, 0) is 54.5 Å². The Hall–Kier alpha value is -2.06. The Morgan fingerprint density at radius 2 is 1.67 bits per heavy atom. The lowest BCUT2D eigenvalue weighted by molar-refractivity contribution is -0.132. The third kappa shape index (κ3) is 6.96. The molecule has 0 aromatic heterocycles. The fourth-order valence-corrected chi connectivity index (χ4v) is 4.30. The second kappa shape index (κ2) is 11.4. The molecule has 2 aromatic carbocycles. The fourth-order valence-electron chi connectivity index (χ4n) is 3.49. The molecule has 0 bridgehead atoms. The van der Waals surface area contributed by atoms with Gasteiger partial charge in [0.1, 0.15) is 0 Å². The molecule has 1 aliphatic rings. The highest BCUT2D eigenvalue weighted by molar-refractivity contribution is 7.80. The molecule has 1 saturated heterocycles. The number of nitrogens with zero attached hydrogens (tertiary/aromatic N) is 2. The minimum atomic E-state index is -0.404. The van der Waals surface area contributed by atoms with Gasteiger partial charge in [0.25, 0.3) is 5.91 Å². The van der Waals surface area contributed by atoms with Gasteiger partial charge in [0.15, 0.2) is 5.11 Å². The molecule has 0 atom stereocenters. The SMILES string of the molecule is CC(C)CC(=O)N1CCN(c2ccc(NC(=S)NC(=O)c3ccc(Cl)c(Cl)c3)cc2Cl)CC1. The predicted octanol–water partition coefficient (Wildman–Crippen LogP) is 5.47. The minimum Gasteiger partial charge on any atom is -0.367 e. The van der Waals surface area contributed by atoms with Crippen LogP contribution in [0.2, 0.25) is 15.1 Å². The molecule has 0 radical (unpaired) electrons. The smallest absolute Gasteiger partial charge is 0.257 e. The number of piperazine rings is 1. The molecule has 1 heterocycles. The van der Waals surface area contributed by atoms with E-state index in [1.807, 2.05) is 30.9 Å². The molecule has 3 rings (SSSR count). The quantitative estimate of drug-likeness (QED) is 0.505. The van der Waals surface area contributed by atoms with Gasteiger partial charge in [-0.2, -0.15) is 0 Å². The van der Waals surface area contributed by atoms with Crippen molar-refractivity contribution in [2.24, 2.45) is 5.92 Å². The summed E-state index contributed by atoms with van der Waals surface area (Å²) in [6, 6.07) is 10.1. The van der Waals surface area contributed by atoms with Crippen molar-refractivity contribution in [1.82, 2.24) is 10.2 Å². The Morgan fingerprint density at radius 3 is 2.27 bits per heavy atom. The Labute approximate surface area is 214 Å². The number of carbonyl (C=O) groups excluding carboxylic acids is 2. The van der Waals surface area contributed by atoms with Gasteiger partial charge in [0.05, 0.1) is 20.8 Å². The molecular formula is C23H25Cl3N4O2S. The zero-order valence-corrected chi connectivity index (χ0v) is 21.4. The zero-order valence-electron chi connectivity index (χ0n) is 18.3. The second-order valence-corrected chi connectivity index (χ2v) is 9.80. The summed E-state index contributed by atoms with van der Waals surface area (Å²) in [5, 5.41) is 6.91. The third-order valence-corrected chi connectivity index (χ3v) is 6.42. The molecule has 33 heavy (non-hydrogen) atoms. The highest BCUT2D eigenvalue weighted by atomic mass is 35.5. The van der Waals surface area contributed by atoms with Crippen LogP contribution in [0.1, 0.15) is 30.6 Å². The number of benzene rings is 2. The monoisotopic (exact) mass is 526 g/mol. The fraction of sp³-hybridized carbons (Fsp3) is 0.348. The van der Waals surface area contributed by atoms with Crippen molar-refractivity contribution in [3.8, 4) is 0 Å². The van der Waals surface area contributed by atoms with Crippen LogP contribution in [0.5, 0.6) is 0 Å². The van der Waals surface area contributed by atoms with Crippen molar-refractivity contribution >= 4 is 75.3 Å². The Balaban J connectivity index is 1.56. The van der Waals surface area contributed by atoms with Gasteiger partial charge in [-0.25, -0.2) is 0 Å². The first-order chi connectivity index (χ1) is 15.6. The molecule has 176 valence electrons. The number of halogens is 3. The molecule has 0 saturated carbocycles. The molecule has 0 spiro atoms. The number of hydrogen-bond donors (Lipinski definition) is 2. The Morgan fingerprint density at radius 1 is 0.970 bits per heavy atom. The summed E-state index contributed by atoms with van der Waals surface area (Å²) in [5.41, 5.74) is 1.88. The van der Waals surface area contributed by atoms with Gasteiger partial charge in [0, 0.05) is 43.9 Å². The summed E-state index contributed by atoms with van der Waals surface area (Å²) < 4.78 is 0. The lowest BCUT2D eigenvalue weighted by atomic mass is 10.1. The third-order valence-electron chi connectivity index (χ3n) is 5.17. The molecular weight excluding hydrogens is 503 g/mol. The lowest BCUT2D eigenvalue weighted by Crippen LogP contribution is -2.49. The minimum absolute atomic E-state index is 0.132. The van der Waals surface area contributed by atoms with Crippen LogP contribution in [0.3, 0.4) is 0 Å². The summed E-state index contributed by atoms with van der Waals surface area (Å²) in [7, 11) is 0. The molecule has 0 unspecified atom stereocenters. The molecule has 0 aliphatic carbocycles. The summed E-state index contributed by atoms with van der Waals surface area (Å²) in [6.07, 6.45) is 0.572. The van der Waals surface area contributed by atoms with Crippen LogP contribution in [-0.2, 0) is 4.79 Å². The van der Waals surface area contributed by atoms with Crippen molar-refractivity contribution in [3.05, 3.63) is 57.0 Å². The predicted molar refractivity (Wildman–Crippen MR) is 140 cm³/mol. The maximum absolute atomic E-state index is 12.4. The maximum atomic E-state index is 12.4. The number of amides is 2. The van der Waals surface area contributed by atoms with Crippen LogP contribution in [-0.4, -0.2) is 48.0 Å². The molecule has 1 aliphatic heterocycles. The van der Waals surface area contributed by atoms with Crippen molar-refractivity contribution in [2.75, 3.05) is 36.4 Å². The van der Waals surface area contributed by atoms with Crippen molar-refractivity contribution in [1.29, 1.82) is 0 Å². The van der Waals surface area contributed by atoms with Gasteiger partial charge in [-0.3, -0.25) is 14.9 Å². The van der Waals surface area contributed by atoms with E-state index in [2.05, 4.69) is 15.5 Å². The van der Waals surface area contributed by atoms with E-state index in [0.717, 1.165) is 5.69 Å². The average molecular weight is 528 g/mol. The average Bonchev–Trinajstić information content (AvgIpc) is 2.75. The summed E-state index contributed by atoms with van der Waals surface area (Å²) in [4.78, 5) is 28.7. The van der Waals surface area contributed by atoms with E-state index < -0.39 is 5.91 Å². The van der Waals surface area contributed by atoms with Crippen molar-refractivity contribution in [2.45, 2.75) is 20.3 Å². The van der Waals surface area contributed by atoms with E-state index in [9.17, 15) is 9.59 Å². The second-order valence-electron chi connectivity index (χ2n) is 8.17. The standard InChI is InChI=1S/C23H25Cl3N4O2S/c1-14(2)11-21(31)30-9-7-29(8-10-30)20-6-4-16(13-19(20)26)27-23(33)28-22(32)15-3-5-17(24)18(25)12-15/h3-6,12-14H,7-11H2,1-2H3,(H2,27,28,32,33). The van der Waals surface area contributed by atoms with Crippen LogP contribution < -0.4 is 15.5 Å². The van der Waals surface area contributed by atoms with Crippen molar-refractivity contribution in [3.63, 3.8) is 0 Å². The van der Waals surface area contributed by atoms with Crippen LogP contribution in [0, 0.1) is 5.92 Å². The van der Waals surface area contributed by atoms with Crippen molar-refractivity contribution < 1.29 is 9.59 Å². The molecule has 2 amide bonds. The van der Waals surface area contributed by atoms with Crippen LogP contribution in [0.15, 0.2) is 36.4 Å². The van der Waals surface area contributed by atoms with Gasteiger partial charge >= 0.3 is 0 Å². The van der Waals surface area contributed by atoms with E-state index in [1.54, 1.807) is 18.2 Å². The van der Waals surface area contributed by atoms with Gasteiger partial charge in [0.2, 0.25) is 5.91 Å². The lowest BCUT2D eigenvalue weighted by Gasteiger charge is -2.37. The van der Waals surface area contributed by atoms with E-state index in [4.69, 9.17) is 47.0 Å². The van der Waals surface area contributed by atoms with Crippen LogP contribution >= 0.6 is 47.0 Å². The highest BCUT2D eigenvalue weighted by Crippen LogP contribution is 2.30. The van der Waals surface area contributed by atoms with Gasteiger partial charge < -0.3 is 15.1 Å². The number of rotatable bonds is 5. The normalized spacial score (nSPS) is 13.8. The largest absolute Gasteiger partial charge is 0.367 e. The molecule has 2 aromatic rings. The molecule has 6 nitrogen and oxygen atoms in total. The van der Waals surface area contributed by atoms with E-state index in [0.29, 0.717) is 59.8 Å². The van der Waals surface area contributed by atoms with Crippen LogP contribution in [0.4, 0.5) is 11.4 Å². The summed E-state index contributed by atoms with van der Waals surface area (Å²) in [5.74, 6) is 0.148. The number of anilines is 2. The van der Waals surface area contributed by atoms with E-state index in [1.165, 1.54) is 6.07 Å². The Kier molecular flexibility index (Phi) is 8.82. The van der Waals surface area contributed by atoms with Gasteiger partial charge in [-0.1, -0.05) is 48.7 Å². The molecule has 2 N–H and O–H groups in total. The van der Waals surface area contributed by atoms with Gasteiger partial charge in [-0.15, -0.1) is 0 Å². The first-order valence-electron chi connectivity index (χ1n) is 10.5. The number of nitrogens with one attached hydrogen (secondary N) is 2. The topological polar surface area (TPSA) is 64.7 Å². The number of thiocarbonyl (C=S) groups is 1. The first-order valence-corrected chi connectivity index (χ1v) is 12.1. The van der Waals surface area contributed by atoms with E-state index >= 15 is 0 Å².